The maximum atomic E-state index is 10.3. The molecule has 0 unspecified atom stereocenters. The zero-order chi connectivity index (χ0) is 10.6. The predicted molar refractivity (Wildman–Crippen MR) is 37.1 cm³/mol. The Morgan fingerprint density at radius 2 is 1.20 bits per heavy atom. The second-order valence-corrected chi connectivity index (χ2v) is 2.48. The minimum atomic E-state index is -2.74. The van der Waals surface area contributed by atoms with Gasteiger partial charge in [0.2, 0.25) is 0 Å². The fourth-order valence-electron chi connectivity index (χ4n) is 0.714. The molecule has 79 valence electrons. The van der Waals surface area contributed by atoms with E-state index in [2.05, 4.69) is 0 Å². The van der Waals surface area contributed by atoms with Crippen LogP contribution in [0.5, 0.6) is 0 Å². The van der Waals surface area contributed by atoms with Crippen LogP contribution in [0, 0.1) is 0 Å². The Morgan fingerprint density at radius 3 is 1.33 bits per heavy atom. The van der Waals surface area contributed by atoms with Crippen LogP contribution in [0.25, 0.3) is 0 Å². The molecule has 0 saturated carbocycles. The largest absolute Gasteiger partial charge is 3.00 e. The first-order valence-corrected chi connectivity index (χ1v) is 3.17. The van der Waals surface area contributed by atoms with Crippen molar-refractivity contribution >= 4 is 17.9 Å². The summed E-state index contributed by atoms with van der Waals surface area (Å²) in [5, 5.41) is 33.8. The number of aliphatic hydroxyl groups is 1. The van der Waals surface area contributed by atoms with E-state index in [0.29, 0.717) is 0 Å². The molecule has 0 aliphatic rings. The van der Waals surface area contributed by atoms with Gasteiger partial charge in [0.25, 0.3) is 0 Å². The van der Waals surface area contributed by atoms with Crippen LogP contribution >= 0.6 is 0 Å². The summed E-state index contributed by atoms with van der Waals surface area (Å²) in [4.78, 5) is 30.5. The van der Waals surface area contributed by atoms with Crippen molar-refractivity contribution < 1.29 is 81.4 Å². The van der Waals surface area contributed by atoms with Crippen LogP contribution in [0.1, 0.15) is 12.8 Å². The quantitative estimate of drug-likeness (QED) is 0.372. The minimum absolute atomic E-state index is 0. The van der Waals surface area contributed by atoms with Crippen LogP contribution in [0.15, 0.2) is 0 Å². The average molecular weight is 271 g/mol. The second kappa shape index (κ2) is 8.09. The first-order valence-electron chi connectivity index (χ1n) is 3.17. The van der Waals surface area contributed by atoms with Gasteiger partial charge in [-0.25, -0.2) is 4.79 Å². The molecule has 0 rings (SSSR count). The molecule has 0 aliphatic carbocycles. The van der Waals surface area contributed by atoms with Crippen LogP contribution in [-0.4, -0.2) is 43.9 Å². The molecule has 0 atom stereocenters. The zero-order valence-corrected chi connectivity index (χ0v) is 10.9. The Kier molecular flexibility index (Phi) is 11.0. The van der Waals surface area contributed by atoms with Crippen molar-refractivity contribution in [2.45, 2.75) is 18.4 Å². The fourth-order valence-corrected chi connectivity index (χ4v) is 0.714. The summed E-state index contributed by atoms with van der Waals surface area (Å²) in [6.07, 6.45) is -2.29. The molecule has 0 fully saturated rings. The third-order valence-electron chi connectivity index (χ3n) is 1.29. The van der Waals surface area contributed by atoms with E-state index >= 15 is 0 Å². The van der Waals surface area contributed by atoms with E-state index in [1.165, 1.54) is 0 Å². The number of hydrogen-bond acceptors (Lipinski definition) is 4. The molecule has 0 bridgehead atoms. The molecular weight excluding hydrogens is 263 g/mol. The van der Waals surface area contributed by atoms with E-state index < -0.39 is 36.4 Å². The van der Waals surface area contributed by atoms with Crippen molar-refractivity contribution in [3.63, 3.8) is 0 Å². The van der Waals surface area contributed by atoms with Gasteiger partial charge in [-0.15, -0.1) is 0 Å². The van der Waals surface area contributed by atoms with Crippen molar-refractivity contribution in [2.24, 2.45) is 0 Å². The van der Waals surface area contributed by atoms with Gasteiger partial charge in [0.15, 0.2) is 5.60 Å². The van der Waals surface area contributed by atoms with Crippen molar-refractivity contribution in [2.75, 3.05) is 0 Å². The summed E-state index contributed by atoms with van der Waals surface area (Å²) in [6.45, 7) is 0. The summed E-state index contributed by atoms with van der Waals surface area (Å²) in [5.74, 6) is -5.02. The van der Waals surface area contributed by atoms with Gasteiger partial charge in [-0.2, -0.15) is 0 Å². The molecule has 0 aromatic rings. The molecular formula is C6H8FeNaO7+4. The van der Waals surface area contributed by atoms with E-state index in [9.17, 15) is 14.4 Å². The van der Waals surface area contributed by atoms with E-state index in [4.69, 9.17) is 20.4 Å². The third kappa shape index (κ3) is 7.78. The molecule has 0 saturated heterocycles. The minimum Gasteiger partial charge on any atom is -0.481 e. The van der Waals surface area contributed by atoms with Gasteiger partial charge in [-0.1, -0.05) is 0 Å². The standard InChI is InChI=1S/C6H8O7.Fe.Na/c7-3(8)1-6(13,5(11)12)2-4(9)10;;/h13H,1-2H2,(H,7,8)(H,9,10)(H,11,12);;/q;+3;+1. The van der Waals surface area contributed by atoms with Crippen molar-refractivity contribution in [1.82, 2.24) is 0 Å². The van der Waals surface area contributed by atoms with Gasteiger partial charge in [-0.05, 0) is 0 Å². The summed E-state index contributed by atoms with van der Waals surface area (Å²) < 4.78 is 0. The topological polar surface area (TPSA) is 132 Å². The normalized spacial score (nSPS) is 9.40. The van der Waals surface area contributed by atoms with E-state index in [1.54, 1.807) is 0 Å². The molecule has 0 aliphatic heterocycles. The molecule has 7 nitrogen and oxygen atoms in total. The molecule has 0 spiro atoms. The number of carbonyl (C=O) groups is 3. The average Bonchev–Trinajstić information content (AvgIpc) is 1.82. The molecule has 0 aromatic carbocycles. The maximum absolute atomic E-state index is 10.3. The van der Waals surface area contributed by atoms with Gasteiger partial charge in [0.05, 0.1) is 12.8 Å². The second-order valence-electron chi connectivity index (χ2n) is 2.48. The third-order valence-corrected chi connectivity index (χ3v) is 1.29. The smallest absolute Gasteiger partial charge is 0.481 e. The summed E-state index contributed by atoms with van der Waals surface area (Å²) in [6, 6.07) is 0. The Balaban J connectivity index is -0.000000720. The first-order chi connectivity index (χ1) is 5.78. The van der Waals surface area contributed by atoms with Crippen LogP contribution in [0.3, 0.4) is 0 Å². The number of hydrogen-bond donors (Lipinski definition) is 4. The number of aliphatic carboxylic acids is 3. The number of carboxylic acids is 3. The fraction of sp³-hybridized carbons (Fsp3) is 0.500. The molecule has 0 aromatic heterocycles. The van der Waals surface area contributed by atoms with Gasteiger partial charge < -0.3 is 20.4 Å². The molecule has 9 heteroatoms. The predicted octanol–water partition coefficient (Wildman–Crippen LogP) is -4.25. The molecule has 0 amide bonds. The zero-order valence-electron chi connectivity index (χ0n) is 7.78. The van der Waals surface area contributed by atoms with E-state index in [0.717, 1.165) is 0 Å². The maximum Gasteiger partial charge on any atom is 3.00 e. The Morgan fingerprint density at radius 1 is 0.933 bits per heavy atom. The summed E-state index contributed by atoms with van der Waals surface area (Å²) in [7, 11) is 0. The van der Waals surface area contributed by atoms with Crippen LogP contribution < -0.4 is 29.6 Å². The number of rotatable bonds is 5. The molecule has 15 heavy (non-hydrogen) atoms. The number of carboxylic acid groups (broad SMARTS) is 3. The van der Waals surface area contributed by atoms with Crippen LogP contribution in [0.4, 0.5) is 0 Å². The molecule has 1 radical (unpaired) electrons. The Bertz CT molecular complexity index is 238. The van der Waals surface area contributed by atoms with E-state index in [1.807, 2.05) is 0 Å². The van der Waals surface area contributed by atoms with E-state index in [-0.39, 0.29) is 46.6 Å². The van der Waals surface area contributed by atoms with Crippen LogP contribution in [-0.2, 0) is 31.5 Å². The first kappa shape index (κ1) is 20.3. The van der Waals surface area contributed by atoms with Gasteiger partial charge >= 0.3 is 64.5 Å². The van der Waals surface area contributed by atoms with Gasteiger partial charge in [0, 0.05) is 0 Å². The van der Waals surface area contributed by atoms with Crippen molar-refractivity contribution in [3.05, 3.63) is 0 Å². The Labute approximate surface area is 117 Å². The summed E-state index contributed by atoms with van der Waals surface area (Å²) >= 11 is 0. The van der Waals surface area contributed by atoms with Gasteiger partial charge in [-0.3, -0.25) is 9.59 Å². The molecule has 4 N–H and O–H groups in total. The SMILES string of the molecule is O=C(O)CC(O)(CC(=O)O)C(=O)O.[Fe+3].[Na+]. The summed E-state index contributed by atoms with van der Waals surface area (Å²) in [5.41, 5.74) is -2.74. The van der Waals surface area contributed by atoms with Gasteiger partial charge in [0.1, 0.15) is 0 Å². The molecule has 0 heterocycles. The van der Waals surface area contributed by atoms with Crippen molar-refractivity contribution in [3.8, 4) is 0 Å². The van der Waals surface area contributed by atoms with Crippen molar-refractivity contribution in [1.29, 1.82) is 0 Å². The Hall–Kier alpha value is -0.111. The monoisotopic (exact) mass is 271 g/mol. The van der Waals surface area contributed by atoms with Crippen LogP contribution in [0.2, 0.25) is 0 Å².